The van der Waals surface area contributed by atoms with E-state index in [9.17, 15) is 9.59 Å². The fourth-order valence-electron chi connectivity index (χ4n) is 3.90. The van der Waals surface area contributed by atoms with Crippen LogP contribution in [-0.4, -0.2) is 36.5 Å². The second-order valence-electron chi connectivity index (χ2n) is 7.52. The van der Waals surface area contributed by atoms with E-state index in [4.69, 9.17) is 9.47 Å². The number of carbonyl (C=O) groups is 2. The van der Waals surface area contributed by atoms with Gasteiger partial charge in [0.1, 0.15) is 0 Å². The molecule has 2 heterocycles. The maximum Gasteiger partial charge on any atom is 0.254 e. The van der Waals surface area contributed by atoms with Crippen molar-refractivity contribution >= 4 is 11.8 Å². The minimum absolute atomic E-state index is 0.0330. The average molecular weight is 394 g/mol. The summed E-state index contributed by atoms with van der Waals surface area (Å²) < 4.78 is 11.5. The second kappa shape index (κ2) is 8.55. The first-order valence-electron chi connectivity index (χ1n) is 10.2. The van der Waals surface area contributed by atoms with Gasteiger partial charge >= 0.3 is 0 Å². The van der Waals surface area contributed by atoms with Gasteiger partial charge in [-0.2, -0.15) is 0 Å². The lowest BCUT2D eigenvalue weighted by Crippen LogP contribution is -2.30. The number of carbonyl (C=O) groups excluding carboxylic acids is 2. The molecular weight excluding hydrogens is 368 g/mol. The molecule has 2 aromatic carbocycles. The molecular formula is C23H26N2O4. The molecule has 0 aliphatic carbocycles. The molecule has 0 saturated carbocycles. The largest absolute Gasteiger partial charge is 0.490 e. The van der Waals surface area contributed by atoms with Crippen molar-refractivity contribution in [2.24, 2.45) is 0 Å². The monoisotopic (exact) mass is 394 g/mol. The highest BCUT2D eigenvalue weighted by molar-refractivity contribution is 5.94. The highest BCUT2D eigenvalue weighted by Crippen LogP contribution is 2.38. The second-order valence-corrected chi connectivity index (χ2v) is 7.52. The number of amides is 2. The predicted molar refractivity (Wildman–Crippen MR) is 109 cm³/mol. The van der Waals surface area contributed by atoms with Gasteiger partial charge in [0.2, 0.25) is 5.91 Å². The summed E-state index contributed by atoms with van der Waals surface area (Å²) >= 11 is 0. The highest BCUT2D eigenvalue weighted by atomic mass is 16.5. The van der Waals surface area contributed by atoms with Gasteiger partial charge in [-0.25, -0.2) is 0 Å². The lowest BCUT2D eigenvalue weighted by Gasteiger charge is -2.26. The molecule has 2 aliphatic rings. The highest BCUT2D eigenvalue weighted by Gasteiger charge is 2.31. The Balaban J connectivity index is 1.50. The first kappa shape index (κ1) is 19.3. The van der Waals surface area contributed by atoms with Crippen molar-refractivity contribution in [3.8, 4) is 11.5 Å². The number of hydrogen-bond acceptors (Lipinski definition) is 4. The molecule has 1 atom stereocenters. The maximum absolute atomic E-state index is 13.2. The standard InChI is InChI=1S/C23H26N2O4/c1-16(26)24-15-17-5-7-18(8-6-17)23(27)25-11-2-4-20(25)19-9-10-21-22(14-19)29-13-3-12-28-21/h5-10,14,20H,2-4,11-13,15H2,1H3,(H,24,26)/t20-/m0/s1. The van der Waals surface area contributed by atoms with Crippen LogP contribution in [0, 0.1) is 0 Å². The number of fused-ring (bicyclic) bond motifs is 1. The SMILES string of the molecule is CC(=O)NCc1ccc(C(=O)N2CCC[C@H]2c2ccc3c(c2)OCCCO3)cc1. The fraction of sp³-hybridized carbons (Fsp3) is 0.391. The van der Waals surface area contributed by atoms with Crippen molar-refractivity contribution in [2.45, 2.75) is 38.8 Å². The first-order chi connectivity index (χ1) is 14.1. The molecule has 2 aromatic rings. The summed E-state index contributed by atoms with van der Waals surface area (Å²) in [6.45, 7) is 4.01. The quantitative estimate of drug-likeness (QED) is 0.862. The van der Waals surface area contributed by atoms with E-state index in [1.54, 1.807) is 0 Å². The summed E-state index contributed by atoms with van der Waals surface area (Å²) in [4.78, 5) is 26.2. The molecule has 2 aliphatic heterocycles. The van der Waals surface area contributed by atoms with E-state index in [1.165, 1.54) is 6.92 Å². The van der Waals surface area contributed by atoms with E-state index in [0.717, 1.165) is 48.4 Å². The zero-order valence-electron chi connectivity index (χ0n) is 16.6. The molecule has 4 rings (SSSR count). The summed E-state index contributed by atoms with van der Waals surface area (Å²) in [6.07, 6.45) is 2.79. The van der Waals surface area contributed by atoms with Crippen LogP contribution in [0.4, 0.5) is 0 Å². The number of nitrogens with one attached hydrogen (secondary N) is 1. The van der Waals surface area contributed by atoms with Crippen molar-refractivity contribution in [1.82, 2.24) is 10.2 Å². The van der Waals surface area contributed by atoms with Crippen LogP contribution in [0.15, 0.2) is 42.5 Å². The normalized spacial score (nSPS) is 18.2. The number of hydrogen-bond donors (Lipinski definition) is 1. The van der Waals surface area contributed by atoms with Gasteiger partial charge in [-0.05, 0) is 48.2 Å². The minimum atomic E-state index is -0.0693. The molecule has 2 amide bonds. The van der Waals surface area contributed by atoms with Crippen LogP contribution in [-0.2, 0) is 11.3 Å². The van der Waals surface area contributed by atoms with Gasteiger partial charge in [0, 0.05) is 32.0 Å². The van der Waals surface area contributed by atoms with Gasteiger partial charge in [0.05, 0.1) is 19.3 Å². The topological polar surface area (TPSA) is 67.9 Å². The molecule has 6 heteroatoms. The van der Waals surface area contributed by atoms with Crippen LogP contribution in [0.25, 0.3) is 0 Å². The van der Waals surface area contributed by atoms with Crippen molar-refractivity contribution in [3.63, 3.8) is 0 Å². The Morgan fingerprint density at radius 3 is 2.55 bits per heavy atom. The van der Waals surface area contributed by atoms with Crippen LogP contribution in [0.3, 0.4) is 0 Å². The third-order valence-electron chi connectivity index (χ3n) is 5.41. The Bertz CT molecular complexity index is 894. The van der Waals surface area contributed by atoms with Gasteiger partial charge in [0.25, 0.3) is 5.91 Å². The van der Waals surface area contributed by atoms with Gasteiger partial charge in [0.15, 0.2) is 11.5 Å². The average Bonchev–Trinajstić information content (AvgIpc) is 3.10. The number of rotatable bonds is 4. The van der Waals surface area contributed by atoms with Gasteiger partial charge in [-0.15, -0.1) is 0 Å². The van der Waals surface area contributed by atoms with E-state index in [1.807, 2.05) is 47.4 Å². The first-order valence-corrected chi connectivity index (χ1v) is 10.2. The fourth-order valence-corrected chi connectivity index (χ4v) is 3.90. The summed E-state index contributed by atoms with van der Waals surface area (Å²) in [7, 11) is 0. The molecule has 152 valence electrons. The molecule has 6 nitrogen and oxygen atoms in total. The maximum atomic E-state index is 13.2. The molecule has 0 spiro atoms. The van der Waals surface area contributed by atoms with Crippen molar-refractivity contribution < 1.29 is 19.1 Å². The van der Waals surface area contributed by atoms with Gasteiger partial charge < -0.3 is 19.7 Å². The molecule has 0 radical (unpaired) electrons. The summed E-state index contributed by atoms with van der Waals surface area (Å²) in [5, 5.41) is 2.77. The van der Waals surface area contributed by atoms with E-state index >= 15 is 0 Å². The lowest BCUT2D eigenvalue weighted by atomic mass is 10.0. The molecule has 0 unspecified atom stereocenters. The summed E-state index contributed by atoms with van der Waals surface area (Å²) in [5.41, 5.74) is 2.72. The van der Waals surface area contributed by atoms with Gasteiger partial charge in [-0.3, -0.25) is 9.59 Å². The zero-order valence-corrected chi connectivity index (χ0v) is 16.6. The molecule has 29 heavy (non-hydrogen) atoms. The third-order valence-corrected chi connectivity index (χ3v) is 5.41. The Kier molecular flexibility index (Phi) is 5.69. The van der Waals surface area contributed by atoms with Crippen molar-refractivity contribution in [1.29, 1.82) is 0 Å². The Morgan fingerprint density at radius 1 is 1.03 bits per heavy atom. The predicted octanol–water partition coefficient (Wildman–Crippen LogP) is 3.46. The van der Waals surface area contributed by atoms with Crippen LogP contribution >= 0.6 is 0 Å². The molecule has 0 bridgehead atoms. The van der Waals surface area contributed by atoms with Crippen LogP contribution in [0.5, 0.6) is 11.5 Å². The number of likely N-dealkylation sites (tertiary alicyclic amines) is 1. The van der Waals surface area contributed by atoms with Crippen LogP contribution < -0.4 is 14.8 Å². The Labute approximate surface area is 170 Å². The zero-order chi connectivity index (χ0) is 20.2. The summed E-state index contributed by atoms with van der Waals surface area (Å²) in [5.74, 6) is 1.50. The summed E-state index contributed by atoms with van der Waals surface area (Å²) in [6, 6.07) is 13.5. The Hall–Kier alpha value is -3.02. The number of benzene rings is 2. The van der Waals surface area contributed by atoms with E-state index in [-0.39, 0.29) is 17.9 Å². The number of nitrogens with zero attached hydrogens (tertiary/aromatic N) is 1. The van der Waals surface area contributed by atoms with Crippen LogP contribution in [0.1, 0.15) is 53.7 Å². The molecule has 0 aromatic heterocycles. The van der Waals surface area contributed by atoms with E-state index in [2.05, 4.69) is 5.32 Å². The number of ether oxygens (including phenoxy) is 2. The van der Waals surface area contributed by atoms with E-state index in [0.29, 0.717) is 25.3 Å². The van der Waals surface area contributed by atoms with Crippen molar-refractivity contribution in [3.05, 3.63) is 59.2 Å². The van der Waals surface area contributed by atoms with Gasteiger partial charge in [-0.1, -0.05) is 18.2 Å². The third kappa shape index (κ3) is 4.36. The molecule has 1 N–H and O–H groups in total. The molecule has 1 fully saturated rings. The van der Waals surface area contributed by atoms with Crippen molar-refractivity contribution in [2.75, 3.05) is 19.8 Å². The lowest BCUT2D eigenvalue weighted by molar-refractivity contribution is -0.119. The smallest absolute Gasteiger partial charge is 0.254 e. The Morgan fingerprint density at radius 2 is 1.79 bits per heavy atom. The minimum Gasteiger partial charge on any atom is -0.490 e. The molecule has 1 saturated heterocycles. The van der Waals surface area contributed by atoms with E-state index < -0.39 is 0 Å². The van der Waals surface area contributed by atoms with Crippen LogP contribution in [0.2, 0.25) is 0 Å².